The normalized spacial score (nSPS) is 10.6. The average Bonchev–Trinajstić information content (AvgIpc) is 3.09. The van der Waals surface area contributed by atoms with Crippen molar-refractivity contribution in [2.45, 2.75) is 39.8 Å². The number of nitrogens with one attached hydrogen (secondary N) is 4. The Morgan fingerprint density at radius 2 is 0.902 bits per heavy atom. The average molecular weight is 688 g/mol. The fraction of sp³-hybridized carbons (Fsp3) is 0.158. The van der Waals surface area contributed by atoms with Crippen molar-refractivity contribution in [3.63, 3.8) is 0 Å². The molecule has 10 N–H and O–H groups in total. The molecule has 2 heterocycles. The first-order valence-corrected chi connectivity index (χ1v) is 16.5. The van der Waals surface area contributed by atoms with Gasteiger partial charge in [-0.1, -0.05) is 13.8 Å². The van der Waals surface area contributed by atoms with Crippen LogP contribution in [0.1, 0.15) is 68.1 Å². The summed E-state index contributed by atoms with van der Waals surface area (Å²) in [6.07, 6.45) is 9.45. The van der Waals surface area contributed by atoms with Crippen LogP contribution in [-0.2, 0) is 13.1 Å². The van der Waals surface area contributed by atoms with Crippen molar-refractivity contribution < 1.29 is 28.3 Å². The SMILES string of the molecule is CCC[n+]1cccc(NC(=O)c2ccc(NC(=O)c3ccc(C(=O)Nc4ccc(C(=O)Nc5ccc[n+](CCC)c5)c(N)c4)c(N)c3)cc2N)c1. The molecule has 0 aliphatic carbocycles. The second-order valence-corrected chi connectivity index (χ2v) is 11.9. The number of hydrogen-bond donors (Lipinski definition) is 7. The van der Waals surface area contributed by atoms with Crippen molar-refractivity contribution >= 4 is 63.4 Å². The molecule has 5 rings (SSSR count). The molecule has 51 heavy (non-hydrogen) atoms. The van der Waals surface area contributed by atoms with E-state index < -0.39 is 11.8 Å². The number of rotatable bonds is 12. The van der Waals surface area contributed by atoms with Gasteiger partial charge in [0.15, 0.2) is 24.8 Å². The Labute approximate surface area is 295 Å². The number of anilines is 7. The van der Waals surface area contributed by atoms with E-state index in [2.05, 4.69) is 35.1 Å². The molecule has 0 saturated heterocycles. The zero-order valence-corrected chi connectivity index (χ0v) is 28.4. The summed E-state index contributed by atoms with van der Waals surface area (Å²) in [5.74, 6) is -1.79. The molecule has 5 aromatic rings. The molecule has 0 spiro atoms. The largest absolute Gasteiger partial charge is 0.398 e. The maximum atomic E-state index is 13.1. The van der Waals surface area contributed by atoms with E-state index in [1.54, 1.807) is 24.3 Å². The van der Waals surface area contributed by atoms with Crippen LogP contribution in [0.25, 0.3) is 0 Å². The fourth-order valence-corrected chi connectivity index (χ4v) is 5.39. The molecule has 0 fully saturated rings. The van der Waals surface area contributed by atoms with Gasteiger partial charge in [-0.3, -0.25) is 19.2 Å². The molecular formula is C38H41N9O4+2. The highest BCUT2D eigenvalue weighted by molar-refractivity contribution is 6.12. The standard InChI is InChI=1S/C38H39N9O4/c1-3-15-46-17-5-7-27(22-46)44-37(50)30-13-10-25(20-33(30)40)42-35(48)24-9-12-29(32(39)19-24)36(49)43-26-11-14-31(34(41)21-26)38(51)45-28-8-6-18-47(23-28)16-4-2/h5-14,17-23H,3-4,15-16H2,1-2H3,(H8-2,39,40,41,42,43,44,45,48,49,50,51)/p+2. The second-order valence-electron chi connectivity index (χ2n) is 11.9. The molecule has 13 nitrogen and oxygen atoms in total. The van der Waals surface area contributed by atoms with Crippen LogP contribution in [0.2, 0.25) is 0 Å². The van der Waals surface area contributed by atoms with Gasteiger partial charge in [0.05, 0.1) is 16.7 Å². The maximum Gasteiger partial charge on any atom is 0.257 e. The predicted molar refractivity (Wildman–Crippen MR) is 198 cm³/mol. The lowest BCUT2D eigenvalue weighted by Gasteiger charge is -2.12. The van der Waals surface area contributed by atoms with Crippen molar-refractivity contribution in [1.82, 2.24) is 0 Å². The molecule has 260 valence electrons. The van der Waals surface area contributed by atoms with Gasteiger partial charge in [-0.05, 0) is 66.7 Å². The smallest absolute Gasteiger partial charge is 0.257 e. The number of aryl methyl sites for hydroxylation is 2. The Kier molecular flexibility index (Phi) is 11.2. The summed E-state index contributed by atoms with van der Waals surface area (Å²) in [7, 11) is 0. The molecule has 0 unspecified atom stereocenters. The number of carbonyl (C=O) groups is 4. The number of aromatic nitrogens is 2. The van der Waals surface area contributed by atoms with Gasteiger partial charge in [0.2, 0.25) is 0 Å². The van der Waals surface area contributed by atoms with Crippen LogP contribution in [0.5, 0.6) is 0 Å². The summed E-state index contributed by atoms with van der Waals surface area (Å²) in [5.41, 5.74) is 21.8. The number of benzene rings is 3. The Balaban J connectivity index is 1.19. The number of nitrogens with zero attached hydrogens (tertiary/aromatic N) is 2. The summed E-state index contributed by atoms with van der Waals surface area (Å²) in [6, 6.07) is 20.7. The molecule has 0 saturated carbocycles. The molecular weight excluding hydrogens is 646 g/mol. The van der Waals surface area contributed by atoms with Gasteiger partial charge in [0, 0.05) is 59.0 Å². The van der Waals surface area contributed by atoms with Gasteiger partial charge in [0.25, 0.3) is 23.6 Å². The van der Waals surface area contributed by atoms with Crippen molar-refractivity contribution in [2.24, 2.45) is 0 Å². The van der Waals surface area contributed by atoms with Crippen molar-refractivity contribution in [3.05, 3.63) is 126 Å². The van der Waals surface area contributed by atoms with Crippen LogP contribution < -0.4 is 47.6 Å². The molecule has 0 aliphatic heterocycles. The zero-order valence-electron chi connectivity index (χ0n) is 28.4. The molecule has 13 heteroatoms. The van der Waals surface area contributed by atoms with Gasteiger partial charge in [0.1, 0.15) is 24.5 Å². The number of pyridine rings is 2. The maximum absolute atomic E-state index is 13.1. The van der Waals surface area contributed by atoms with Crippen LogP contribution in [0.4, 0.5) is 39.8 Å². The molecule has 0 bridgehead atoms. The number of carbonyl (C=O) groups excluding carboxylic acids is 4. The van der Waals surface area contributed by atoms with Gasteiger partial charge in [-0.2, -0.15) is 0 Å². The van der Waals surface area contributed by atoms with E-state index >= 15 is 0 Å². The van der Waals surface area contributed by atoms with Crippen LogP contribution >= 0.6 is 0 Å². The second kappa shape index (κ2) is 16.1. The third kappa shape index (κ3) is 9.03. The van der Waals surface area contributed by atoms with Gasteiger partial charge >= 0.3 is 0 Å². The quantitative estimate of drug-likeness (QED) is 0.0718. The number of nitrogens with two attached hydrogens (primary N) is 3. The van der Waals surface area contributed by atoms with Gasteiger partial charge < -0.3 is 38.5 Å². The molecule has 0 atom stereocenters. The minimum Gasteiger partial charge on any atom is -0.398 e. The fourth-order valence-electron chi connectivity index (χ4n) is 5.39. The highest BCUT2D eigenvalue weighted by atomic mass is 16.2. The minimum atomic E-state index is -0.529. The summed E-state index contributed by atoms with van der Waals surface area (Å²) < 4.78 is 3.96. The van der Waals surface area contributed by atoms with Crippen LogP contribution in [-0.4, -0.2) is 23.6 Å². The molecule has 2 aromatic heterocycles. The van der Waals surface area contributed by atoms with Gasteiger partial charge in [-0.15, -0.1) is 0 Å². The van der Waals surface area contributed by atoms with Crippen LogP contribution in [0.3, 0.4) is 0 Å². The van der Waals surface area contributed by atoms with Gasteiger partial charge in [-0.25, -0.2) is 9.13 Å². The Bertz CT molecular complexity index is 2120. The zero-order chi connectivity index (χ0) is 36.5. The van der Waals surface area contributed by atoms with E-state index in [-0.39, 0.29) is 51.1 Å². The van der Waals surface area contributed by atoms with E-state index in [1.807, 2.05) is 46.1 Å². The summed E-state index contributed by atoms with van der Waals surface area (Å²) in [5, 5.41) is 11.2. The Morgan fingerprint density at radius 1 is 0.510 bits per heavy atom. The van der Waals surface area contributed by atoms with Crippen molar-refractivity contribution in [1.29, 1.82) is 0 Å². The molecule has 0 aliphatic rings. The highest BCUT2D eigenvalue weighted by Crippen LogP contribution is 2.24. The number of amides is 4. The van der Waals surface area contributed by atoms with Crippen molar-refractivity contribution in [3.8, 4) is 0 Å². The van der Waals surface area contributed by atoms with Crippen molar-refractivity contribution in [2.75, 3.05) is 38.5 Å². The lowest BCUT2D eigenvalue weighted by Crippen LogP contribution is -2.33. The van der Waals surface area contributed by atoms with E-state index in [4.69, 9.17) is 17.2 Å². The lowest BCUT2D eigenvalue weighted by molar-refractivity contribution is -0.696. The third-order valence-corrected chi connectivity index (χ3v) is 7.86. The highest BCUT2D eigenvalue weighted by Gasteiger charge is 2.18. The lowest BCUT2D eigenvalue weighted by atomic mass is 10.1. The van der Waals surface area contributed by atoms with Crippen LogP contribution in [0, 0.1) is 0 Å². The first-order chi connectivity index (χ1) is 24.5. The Hall–Kier alpha value is -6.76. The Morgan fingerprint density at radius 3 is 1.31 bits per heavy atom. The topological polar surface area (TPSA) is 202 Å². The van der Waals surface area contributed by atoms with E-state index in [1.165, 1.54) is 42.5 Å². The third-order valence-electron chi connectivity index (χ3n) is 7.86. The van der Waals surface area contributed by atoms with Crippen LogP contribution in [0.15, 0.2) is 104 Å². The van der Waals surface area contributed by atoms with E-state index in [0.29, 0.717) is 22.7 Å². The molecule has 4 amide bonds. The van der Waals surface area contributed by atoms with E-state index in [9.17, 15) is 19.2 Å². The summed E-state index contributed by atoms with van der Waals surface area (Å²) in [6.45, 7) is 5.78. The number of hydrogen-bond acceptors (Lipinski definition) is 7. The minimum absolute atomic E-state index is 0.0694. The molecule has 0 radical (unpaired) electrons. The first-order valence-electron chi connectivity index (χ1n) is 16.5. The summed E-state index contributed by atoms with van der Waals surface area (Å²) >= 11 is 0. The predicted octanol–water partition coefficient (Wildman–Crippen LogP) is 4.84. The van der Waals surface area contributed by atoms with E-state index in [0.717, 1.165) is 25.9 Å². The summed E-state index contributed by atoms with van der Waals surface area (Å²) in [4.78, 5) is 51.9. The monoisotopic (exact) mass is 687 g/mol. The first kappa shape index (κ1) is 35.5. The number of nitrogen functional groups attached to an aromatic ring is 3. The molecule has 3 aromatic carbocycles.